The molecule has 0 aliphatic heterocycles. The van der Waals surface area contributed by atoms with E-state index in [-0.39, 0.29) is 24.6 Å². The normalized spacial score (nSPS) is 12.5. The van der Waals surface area contributed by atoms with Gasteiger partial charge in [-0.25, -0.2) is 4.79 Å². The fourth-order valence-corrected chi connectivity index (χ4v) is 4.18. The molecule has 0 heterocycles. The van der Waals surface area contributed by atoms with Crippen molar-refractivity contribution in [3.63, 3.8) is 0 Å². The van der Waals surface area contributed by atoms with Crippen molar-refractivity contribution in [1.29, 1.82) is 0 Å². The van der Waals surface area contributed by atoms with Crippen LogP contribution < -0.4 is 10.6 Å². The minimum absolute atomic E-state index is 0.0858. The summed E-state index contributed by atoms with van der Waals surface area (Å²) in [6, 6.07) is 11.4. The molecule has 0 fully saturated rings. The Morgan fingerprint density at radius 2 is 1.72 bits per heavy atom. The minimum atomic E-state index is -1.04. The summed E-state index contributed by atoms with van der Waals surface area (Å²) < 4.78 is 5.43. The molecule has 0 saturated carbocycles. The van der Waals surface area contributed by atoms with Crippen molar-refractivity contribution in [3.8, 4) is 18.1 Å². The largest absolute Gasteiger partial charge is 0.508 e. The fourth-order valence-electron chi connectivity index (χ4n) is 4.18. The highest BCUT2D eigenvalue weighted by molar-refractivity contribution is 5.92. The molecule has 0 radical (unpaired) electrons. The Hall–Kier alpha value is -3.99. The molecular formula is C31H41N3O5. The zero-order valence-electron chi connectivity index (χ0n) is 23.6. The van der Waals surface area contributed by atoms with Gasteiger partial charge in [-0.05, 0) is 63.4 Å². The molecule has 0 aliphatic carbocycles. The number of unbranched alkanes of at least 4 members (excludes halogenated alkanes) is 2. The number of nitrogens with zero attached hydrogens (tertiary/aromatic N) is 1. The summed E-state index contributed by atoms with van der Waals surface area (Å²) in [5.41, 5.74) is 0.979. The maximum absolute atomic E-state index is 14.1. The second-order valence-electron chi connectivity index (χ2n) is 10.3. The number of rotatable bonds is 12. The lowest BCUT2D eigenvalue weighted by Crippen LogP contribution is -2.54. The van der Waals surface area contributed by atoms with E-state index in [1.54, 1.807) is 64.1 Å². The average Bonchev–Trinajstić information content (AvgIpc) is 2.89. The summed E-state index contributed by atoms with van der Waals surface area (Å²) in [5.74, 6) is 1.91. The Kier molecular flexibility index (Phi) is 11.9. The number of phenols is 1. The summed E-state index contributed by atoms with van der Waals surface area (Å²) in [5, 5.41) is 15.3. The van der Waals surface area contributed by atoms with Gasteiger partial charge in [-0.2, -0.15) is 0 Å². The lowest BCUT2D eigenvalue weighted by atomic mass is 9.96. The first kappa shape index (κ1) is 31.2. The second kappa shape index (κ2) is 14.8. The molecular weight excluding hydrogens is 494 g/mol. The third-order valence-electron chi connectivity index (χ3n) is 6.04. The third kappa shape index (κ3) is 9.68. The maximum Gasteiger partial charge on any atom is 0.408 e. The van der Waals surface area contributed by atoms with Gasteiger partial charge in [0.1, 0.15) is 23.4 Å². The molecule has 8 heteroatoms. The number of amides is 3. The number of terminal acetylenes is 1. The molecule has 2 unspecified atom stereocenters. The molecule has 0 bridgehead atoms. The highest BCUT2D eigenvalue weighted by Gasteiger charge is 2.36. The van der Waals surface area contributed by atoms with Crippen molar-refractivity contribution in [2.75, 3.05) is 13.1 Å². The lowest BCUT2D eigenvalue weighted by Gasteiger charge is -2.34. The van der Waals surface area contributed by atoms with Gasteiger partial charge in [0.05, 0.1) is 0 Å². The van der Waals surface area contributed by atoms with E-state index in [2.05, 4.69) is 23.5 Å². The lowest BCUT2D eigenvalue weighted by molar-refractivity contribution is -0.142. The van der Waals surface area contributed by atoms with Gasteiger partial charge < -0.3 is 25.4 Å². The summed E-state index contributed by atoms with van der Waals surface area (Å²) in [7, 11) is 0. The van der Waals surface area contributed by atoms with Crippen molar-refractivity contribution in [3.05, 3.63) is 65.2 Å². The first-order valence-corrected chi connectivity index (χ1v) is 13.4. The van der Waals surface area contributed by atoms with Crippen LogP contribution in [0.3, 0.4) is 0 Å². The highest BCUT2D eigenvalue weighted by atomic mass is 16.6. The highest BCUT2D eigenvalue weighted by Crippen LogP contribution is 2.26. The molecule has 0 spiro atoms. The van der Waals surface area contributed by atoms with Crippen LogP contribution in [0.25, 0.3) is 0 Å². The number of aromatic hydroxyl groups is 1. The van der Waals surface area contributed by atoms with Crippen molar-refractivity contribution in [2.24, 2.45) is 0 Å². The minimum Gasteiger partial charge on any atom is -0.508 e. The van der Waals surface area contributed by atoms with E-state index in [0.29, 0.717) is 23.2 Å². The molecule has 0 aromatic heterocycles. The van der Waals surface area contributed by atoms with Gasteiger partial charge in [-0.3, -0.25) is 9.59 Å². The Morgan fingerprint density at radius 1 is 1.05 bits per heavy atom. The smallest absolute Gasteiger partial charge is 0.408 e. The zero-order chi connectivity index (χ0) is 29.0. The number of phenolic OH excluding ortho intramolecular Hbond substituents is 1. The number of alkyl carbamates (subject to hydrolysis) is 1. The summed E-state index contributed by atoms with van der Waals surface area (Å²) in [4.78, 5) is 41.9. The predicted octanol–water partition coefficient (Wildman–Crippen LogP) is 4.71. The van der Waals surface area contributed by atoms with E-state index in [1.807, 2.05) is 0 Å². The second-order valence-corrected chi connectivity index (χ2v) is 10.3. The summed E-state index contributed by atoms with van der Waals surface area (Å²) in [6.07, 6.45) is 7.93. The Bertz CT molecular complexity index is 1150. The van der Waals surface area contributed by atoms with Crippen molar-refractivity contribution < 1.29 is 24.2 Å². The van der Waals surface area contributed by atoms with E-state index in [4.69, 9.17) is 11.2 Å². The van der Waals surface area contributed by atoms with E-state index < -0.39 is 29.7 Å². The van der Waals surface area contributed by atoms with Gasteiger partial charge in [0.15, 0.2) is 0 Å². The van der Waals surface area contributed by atoms with Crippen molar-refractivity contribution in [1.82, 2.24) is 15.5 Å². The Morgan fingerprint density at radius 3 is 2.31 bits per heavy atom. The van der Waals surface area contributed by atoms with Crippen LogP contribution in [0, 0.1) is 12.3 Å². The predicted molar refractivity (Wildman–Crippen MR) is 152 cm³/mol. The topological polar surface area (TPSA) is 108 Å². The standard InChI is InChI=1S/C31H41N3O5/c1-7-10-13-20-32-28(36)27(25-15-12-11-14-23(25)8-2)34(9-3)29(37)26(33-30(38)39-31(4,5)6)21-22-16-18-24(35)19-17-22/h2,11-12,14-19,26-27,35H,7,9-10,13,20-21H2,1,3-6H3,(H,32,36)(H,33,38). The molecule has 3 N–H and O–H groups in total. The van der Waals surface area contributed by atoms with Crippen LogP contribution in [0.2, 0.25) is 0 Å². The quantitative estimate of drug-likeness (QED) is 0.270. The molecule has 2 aromatic carbocycles. The molecule has 2 atom stereocenters. The van der Waals surface area contributed by atoms with Gasteiger partial charge in [-0.15, -0.1) is 6.42 Å². The molecule has 2 rings (SSSR count). The number of likely N-dealkylation sites (N-methyl/N-ethyl adjacent to an activating group) is 1. The van der Waals surface area contributed by atoms with Crippen LogP contribution in [0.15, 0.2) is 48.5 Å². The summed E-state index contributed by atoms with van der Waals surface area (Å²) >= 11 is 0. The number of carbonyl (C=O) groups excluding carboxylic acids is 3. The molecule has 0 aliphatic rings. The SMILES string of the molecule is C#Cc1ccccc1C(C(=O)NCCCCC)N(CC)C(=O)C(Cc1ccc(O)cc1)NC(=O)OC(C)(C)C. The van der Waals surface area contributed by atoms with E-state index in [1.165, 1.54) is 17.0 Å². The number of hydrogen-bond acceptors (Lipinski definition) is 5. The average molecular weight is 536 g/mol. The molecule has 2 aromatic rings. The van der Waals surface area contributed by atoms with Gasteiger partial charge in [0.2, 0.25) is 11.8 Å². The van der Waals surface area contributed by atoms with Crippen LogP contribution in [0.1, 0.15) is 76.6 Å². The van der Waals surface area contributed by atoms with Crippen LogP contribution in [-0.4, -0.2) is 52.6 Å². The van der Waals surface area contributed by atoms with Crippen LogP contribution in [-0.2, 0) is 20.7 Å². The van der Waals surface area contributed by atoms with Gasteiger partial charge in [-0.1, -0.05) is 56.0 Å². The third-order valence-corrected chi connectivity index (χ3v) is 6.04. The maximum atomic E-state index is 14.1. The molecule has 3 amide bonds. The first-order chi connectivity index (χ1) is 18.5. The van der Waals surface area contributed by atoms with Crippen LogP contribution in [0.5, 0.6) is 5.75 Å². The van der Waals surface area contributed by atoms with Crippen LogP contribution >= 0.6 is 0 Å². The number of benzene rings is 2. The molecule has 8 nitrogen and oxygen atoms in total. The first-order valence-electron chi connectivity index (χ1n) is 13.4. The summed E-state index contributed by atoms with van der Waals surface area (Å²) in [6.45, 7) is 9.72. The Balaban J connectivity index is 2.48. The monoisotopic (exact) mass is 535 g/mol. The van der Waals surface area contributed by atoms with Crippen LogP contribution in [0.4, 0.5) is 4.79 Å². The van der Waals surface area contributed by atoms with Gasteiger partial charge in [0, 0.05) is 25.1 Å². The fraction of sp³-hybridized carbons (Fsp3) is 0.452. The molecule has 0 saturated heterocycles. The number of nitrogens with one attached hydrogen (secondary N) is 2. The van der Waals surface area contributed by atoms with Crippen molar-refractivity contribution >= 4 is 17.9 Å². The zero-order valence-corrected chi connectivity index (χ0v) is 23.6. The van der Waals surface area contributed by atoms with E-state index >= 15 is 0 Å². The number of hydrogen-bond donors (Lipinski definition) is 3. The van der Waals surface area contributed by atoms with E-state index in [9.17, 15) is 19.5 Å². The van der Waals surface area contributed by atoms with Gasteiger partial charge >= 0.3 is 6.09 Å². The molecule has 210 valence electrons. The van der Waals surface area contributed by atoms with Gasteiger partial charge in [0.25, 0.3) is 0 Å². The Labute approximate surface area is 232 Å². The number of carbonyl (C=O) groups is 3. The van der Waals surface area contributed by atoms with E-state index in [0.717, 1.165) is 19.3 Å². The van der Waals surface area contributed by atoms with Crippen molar-refractivity contribution in [2.45, 2.75) is 78.0 Å². The molecule has 39 heavy (non-hydrogen) atoms. The number of ether oxygens (including phenoxy) is 1.